The Morgan fingerprint density at radius 1 is 1.00 bits per heavy atom. The fourth-order valence-corrected chi connectivity index (χ4v) is 4.64. The van der Waals surface area contributed by atoms with E-state index in [1.54, 1.807) is 4.90 Å². The summed E-state index contributed by atoms with van der Waals surface area (Å²) < 4.78 is 13.2. The van der Waals surface area contributed by atoms with Gasteiger partial charge in [0.2, 0.25) is 11.8 Å². The van der Waals surface area contributed by atoms with Crippen molar-refractivity contribution >= 4 is 40.1 Å². The van der Waals surface area contributed by atoms with Gasteiger partial charge < -0.3 is 5.32 Å². The summed E-state index contributed by atoms with van der Waals surface area (Å²) in [5.74, 6) is -0.806. The van der Waals surface area contributed by atoms with E-state index < -0.39 is 5.25 Å². The van der Waals surface area contributed by atoms with Crippen LogP contribution in [0.5, 0.6) is 0 Å². The Kier molecular flexibility index (Phi) is 7.52. The van der Waals surface area contributed by atoms with Gasteiger partial charge in [0.25, 0.3) is 0 Å². The van der Waals surface area contributed by atoms with E-state index in [2.05, 4.69) is 22.4 Å². The minimum absolute atomic E-state index is 0.0802. The van der Waals surface area contributed by atoms with Crippen molar-refractivity contribution in [3.8, 4) is 0 Å². The lowest BCUT2D eigenvalue weighted by atomic mass is 10.1. The number of para-hydroxylation sites is 1. The fraction of sp³-hybridized carbons (Fsp3) is 0.192. The number of halogens is 1. The van der Waals surface area contributed by atoms with Crippen LogP contribution in [0.4, 0.5) is 15.8 Å². The minimum Gasteiger partial charge on any atom is -0.325 e. The van der Waals surface area contributed by atoms with E-state index in [0.29, 0.717) is 17.4 Å². The number of nitrogens with one attached hydrogen (secondary N) is 1. The molecule has 0 bridgehead atoms. The number of benzene rings is 3. The molecule has 3 aromatic carbocycles. The Morgan fingerprint density at radius 3 is 2.36 bits per heavy atom. The molecule has 0 saturated carbocycles. The van der Waals surface area contributed by atoms with E-state index in [0.717, 1.165) is 18.5 Å². The zero-order chi connectivity index (χ0) is 23.0. The van der Waals surface area contributed by atoms with Crippen LogP contribution in [0.2, 0.25) is 0 Å². The third kappa shape index (κ3) is 6.29. The molecule has 1 aliphatic rings. The molecular formula is C26H24FN3O2S. The van der Waals surface area contributed by atoms with Crippen LogP contribution >= 0.6 is 11.8 Å². The van der Waals surface area contributed by atoms with Gasteiger partial charge in [-0.3, -0.25) is 14.5 Å². The molecule has 1 heterocycles. The van der Waals surface area contributed by atoms with Crippen LogP contribution in [0, 0.1) is 5.82 Å². The predicted molar refractivity (Wildman–Crippen MR) is 131 cm³/mol. The van der Waals surface area contributed by atoms with Gasteiger partial charge in [0.1, 0.15) is 11.1 Å². The molecule has 2 amide bonds. The number of carbonyl (C=O) groups excluding carboxylic acids is 2. The van der Waals surface area contributed by atoms with Gasteiger partial charge in [0.05, 0.1) is 5.69 Å². The van der Waals surface area contributed by atoms with Crippen LogP contribution in [0.25, 0.3) is 0 Å². The van der Waals surface area contributed by atoms with Crippen molar-refractivity contribution in [1.29, 1.82) is 0 Å². The number of thioether (sulfide) groups is 1. The molecule has 1 saturated heterocycles. The van der Waals surface area contributed by atoms with E-state index in [4.69, 9.17) is 0 Å². The summed E-state index contributed by atoms with van der Waals surface area (Å²) in [6.45, 7) is 0.526. The molecule has 4 rings (SSSR count). The quantitative estimate of drug-likeness (QED) is 0.511. The molecule has 33 heavy (non-hydrogen) atoms. The van der Waals surface area contributed by atoms with Gasteiger partial charge in [0.15, 0.2) is 5.17 Å². The molecule has 0 spiro atoms. The van der Waals surface area contributed by atoms with E-state index >= 15 is 0 Å². The average Bonchev–Trinajstić information content (AvgIpc) is 2.83. The Labute approximate surface area is 196 Å². The molecule has 0 aliphatic carbocycles. The molecule has 1 N–H and O–H groups in total. The Hall–Kier alpha value is -3.45. The van der Waals surface area contributed by atoms with Crippen LogP contribution in [0.3, 0.4) is 0 Å². The van der Waals surface area contributed by atoms with E-state index in [-0.39, 0.29) is 24.1 Å². The highest BCUT2D eigenvalue weighted by Gasteiger charge is 2.35. The SMILES string of the molecule is O=C(Nc1ccc(F)cc1)[C@H]1CC(=O)N(CCCc2ccccc2)C(=Nc2ccccc2)S1. The molecule has 168 valence electrons. The molecule has 3 aromatic rings. The van der Waals surface area contributed by atoms with Crippen molar-refractivity contribution in [2.24, 2.45) is 4.99 Å². The number of hydrogen-bond acceptors (Lipinski definition) is 4. The highest BCUT2D eigenvalue weighted by Crippen LogP contribution is 2.30. The van der Waals surface area contributed by atoms with Gasteiger partial charge in [-0.25, -0.2) is 9.38 Å². The number of aliphatic imine (C=N–C) groups is 1. The zero-order valence-corrected chi connectivity index (χ0v) is 18.8. The summed E-state index contributed by atoms with van der Waals surface area (Å²) in [6.07, 6.45) is 1.72. The standard InChI is InChI=1S/C26H24FN3O2S/c27-20-13-15-22(16-14-20)28-25(32)23-18-24(31)30(17-7-10-19-8-3-1-4-9-19)26(33-23)29-21-11-5-2-6-12-21/h1-6,8-9,11-16,23H,7,10,17-18H2,(H,28,32)/t23-/m1/s1. The van der Waals surface area contributed by atoms with Crippen molar-refractivity contribution in [2.75, 3.05) is 11.9 Å². The first-order chi connectivity index (χ1) is 16.1. The molecule has 0 aromatic heterocycles. The maximum Gasteiger partial charge on any atom is 0.238 e. The Bertz CT molecular complexity index is 1120. The molecule has 0 radical (unpaired) electrons. The summed E-state index contributed by atoms with van der Waals surface area (Å²) in [7, 11) is 0. The first-order valence-corrected chi connectivity index (χ1v) is 11.7. The molecule has 1 fully saturated rings. The second-order valence-electron chi connectivity index (χ2n) is 7.67. The van der Waals surface area contributed by atoms with E-state index in [9.17, 15) is 14.0 Å². The van der Waals surface area contributed by atoms with Gasteiger partial charge >= 0.3 is 0 Å². The van der Waals surface area contributed by atoms with Gasteiger partial charge in [-0.2, -0.15) is 0 Å². The van der Waals surface area contributed by atoms with Crippen molar-refractivity contribution in [2.45, 2.75) is 24.5 Å². The number of aryl methyl sites for hydroxylation is 1. The van der Waals surface area contributed by atoms with Crippen LogP contribution < -0.4 is 5.32 Å². The molecule has 5 nitrogen and oxygen atoms in total. The van der Waals surface area contributed by atoms with Crippen molar-refractivity contribution < 1.29 is 14.0 Å². The summed E-state index contributed by atoms with van der Waals surface area (Å²) in [5.41, 5.74) is 2.43. The molecule has 7 heteroatoms. The number of rotatable bonds is 7. The van der Waals surface area contributed by atoms with Crippen LogP contribution in [0.1, 0.15) is 18.4 Å². The zero-order valence-electron chi connectivity index (χ0n) is 18.0. The number of anilines is 1. The smallest absolute Gasteiger partial charge is 0.238 e. The predicted octanol–water partition coefficient (Wildman–Crippen LogP) is 5.42. The fourth-order valence-electron chi connectivity index (χ4n) is 3.52. The van der Waals surface area contributed by atoms with Crippen LogP contribution in [0.15, 0.2) is 89.9 Å². The lowest BCUT2D eigenvalue weighted by molar-refractivity contribution is -0.129. The topological polar surface area (TPSA) is 61.8 Å². The van der Waals surface area contributed by atoms with Gasteiger partial charge in [0, 0.05) is 18.7 Å². The average molecular weight is 462 g/mol. The number of carbonyl (C=O) groups is 2. The van der Waals surface area contributed by atoms with Gasteiger partial charge in [-0.1, -0.05) is 60.3 Å². The lowest BCUT2D eigenvalue weighted by Gasteiger charge is -2.31. The number of amides is 2. The summed E-state index contributed by atoms with van der Waals surface area (Å²) in [6, 6.07) is 25.1. The second kappa shape index (κ2) is 10.9. The number of nitrogens with zero attached hydrogens (tertiary/aromatic N) is 2. The van der Waals surface area contributed by atoms with E-state index in [1.165, 1.54) is 41.6 Å². The maximum atomic E-state index is 13.2. The highest BCUT2D eigenvalue weighted by molar-refractivity contribution is 8.15. The maximum absolute atomic E-state index is 13.2. The Morgan fingerprint density at radius 2 is 1.67 bits per heavy atom. The Balaban J connectivity index is 1.48. The molecule has 0 unspecified atom stereocenters. The highest BCUT2D eigenvalue weighted by atomic mass is 32.2. The first kappa shape index (κ1) is 22.7. The third-order valence-corrected chi connectivity index (χ3v) is 6.40. The van der Waals surface area contributed by atoms with E-state index in [1.807, 2.05) is 48.5 Å². The molecular weight excluding hydrogens is 437 g/mol. The van der Waals surface area contributed by atoms with Crippen molar-refractivity contribution in [3.63, 3.8) is 0 Å². The minimum atomic E-state index is -0.615. The summed E-state index contributed by atoms with van der Waals surface area (Å²) >= 11 is 1.28. The van der Waals surface area contributed by atoms with Crippen LogP contribution in [-0.2, 0) is 16.0 Å². The van der Waals surface area contributed by atoms with Crippen molar-refractivity contribution in [1.82, 2.24) is 4.90 Å². The monoisotopic (exact) mass is 461 g/mol. The first-order valence-electron chi connectivity index (χ1n) is 10.8. The second-order valence-corrected chi connectivity index (χ2v) is 8.84. The third-order valence-electron chi connectivity index (χ3n) is 5.21. The van der Waals surface area contributed by atoms with Crippen LogP contribution in [-0.4, -0.2) is 33.7 Å². The number of hydrogen-bond donors (Lipinski definition) is 1. The summed E-state index contributed by atoms with van der Waals surface area (Å²) in [4.78, 5) is 32.3. The van der Waals surface area contributed by atoms with Gasteiger partial charge in [-0.05, 0) is 54.8 Å². The molecule has 1 aliphatic heterocycles. The largest absolute Gasteiger partial charge is 0.325 e. The van der Waals surface area contributed by atoms with Gasteiger partial charge in [-0.15, -0.1) is 0 Å². The van der Waals surface area contributed by atoms with Crippen molar-refractivity contribution in [3.05, 3.63) is 96.3 Å². The normalized spacial score (nSPS) is 17.2. The number of amidine groups is 1. The summed E-state index contributed by atoms with van der Waals surface area (Å²) in [5, 5.41) is 2.67. The lowest BCUT2D eigenvalue weighted by Crippen LogP contribution is -2.45. The molecule has 1 atom stereocenters.